The van der Waals surface area contributed by atoms with E-state index in [4.69, 9.17) is 10.2 Å². The maximum atomic E-state index is 11.1. The molecule has 2 N–H and O–H groups in total. The summed E-state index contributed by atoms with van der Waals surface area (Å²) in [7, 11) is 0. The molecule has 0 radical (unpaired) electrons. The van der Waals surface area contributed by atoms with Crippen molar-refractivity contribution in [3.63, 3.8) is 0 Å². The van der Waals surface area contributed by atoms with E-state index in [0.29, 0.717) is 5.92 Å². The highest BCUT2D eigenvalue weighted by Gasteiger charge is 2.47. The van der Waals surface area contributed by atoms with Gasteiger partial charge in [-0.3, -0.25) is 4.79 Å². The molecule has 14 heavy (non-hydrogen) atoms. The minimum absolute atomic E-state index is 0.171. The molecule has 78 valence electrons. The third-order valence-electron chi connectivity index (χ3n) is 3.60. The Labute approximate surface area is 83.4 Å². The zero-order valence-corrected chi connectivity index (χ0v) is 8.10. The van der Waals surface area contributed by atoms with Gasteiger partial charge in [-0.05, 0) is 37.0 Å². The summed E-state index contributed by atoms with van der Waals surface area (Å²) in [5.74, 6) is 0.102. The van der Waals surface area contributed by atoms with E-state index in [-0.39, 0.29) is 24.4 Å². The largest absolute Gasteiger partial charge is 0.481 e. The van der Waals surface area contributed by atoms with Crippen LogP contribution in [0.2, 0.25) is 0 Å². The lowest BCUT2D eigenvalue weighted by Crippen LogP contribution is -2.27. The summed E-state index contributed by atoms with van der Waals surface area (Å²) in [6.07, 6.45) is 6.79. The molecular formula is C11H16O3. The van der Waals surface area contributed by atoms with Gasteiger partial charge < -0.3 is 10.2 Å². The molecule has 2 aliphatic carbocycles. The minimum atomic E-state index is -0.662. The van der Waals surface area contributed by atoms with Crippen LogP contribution in [0.4, 0.5) is 0 Å². The number of aliphatic hydroxyl groups is 1. The molecule has 0 aliphatic heterocycles. The number of allylic oxidation sites excluding steroid dienone is 2. The summed E-state index contributed by atoms with van der Waals surface area (Å²) in [6.45, 7) is 0.171. The molecule has 0 aromatic rings. The molecule has 3 heteroatoms. The van der Waals surface area contributed by atoms with Gasteiger partial charge in [0.15, 0.2) is 0 Å². The molecule has 4 unspecified atom stereocenters. The summed E-state index contributed by atoms with van der Waals surface area (Å²) in [4.78, 5) is 11.1. The van der Waals surface area contributed by atoms with Crippen molar-refractivity contribution in [1.82, 2.24) is 0 Å². The van der Waals surface area contributed by atoms with Crippen molar-refractivity contribution in [2.45, 2.75) is 19.3 Å². The quantitative estimate of drug-likeness (QED) is 0.666. The van der Waals surface area contributed by atoms with Gasteiger partial charge in [0.2, 0.25) is 0 Å². The number of aliphatic hydroxyl groups excluding tert-OH is 1. The second kappa shape index (κ2) is 3.73. The van der Waals surface area contributed by atoms with Crippen LogP contribution in [-0.4, -0.2) is 22.8 Å². The molecule has 4 atom stereocenters. The first-order valence-electron chi connectivity index (χ1n) is 5.26. The van der Waals surface area contributed by atoms with E-state index in [9.17, 15) is 4.79 Å². The number of rotatable bonds is 4. The molecular weight excluding hydrogens is 180 g/mol. The maximum Gasteiger partial charge on any atom is 0.307 e. The van der Waals surface area contributed by atoms with Crippen molar-refractivity contribution in [3.8, 4) is 0 Å². The Morgan fingerprint density at radius 2 is 2.07 bits per heavy atom. The van der Waals surface area contributed by atoms with Crippen molar-refractivity contribution in [1.29, 1.82) is 0 Å². The lowest BCUT2D eigenvalue weighted by Gasteiger charge is -2.24. The van der Waals surface area contributed by atoms with Crippen LogP contribution in [-0.2, 0) is 4.79 Å². The van der Waals surface area contributed by atoms with Gasteiger partial charge in [0.1, 0.15) is 0 Å². The topological polar surface area (TPSA) is 57.5 Å². The number of carboxylic acids is 1. The lowest BCUT2D eigenvalue weighted by atomic mass is 9.80. The van der Waals surface area contributed by atoms with E-state index in [1.165, 1.54) is 0 Å². The minimum Gasteiger partial charge on any atom is -0.481 e. The summed E-state index contributed by atoms with van der Waals surface area (Å²) in [5, 5.41) is 17.9. The van der Waals surface area contributed by atoms with Gasteiger partial charge in [0.05, 0.1) is 5.92 Å². The van der Waals surface area contributed by atoms with Crippen molar-refractivity contribution < 1.29 is 15.0 Å². The monoisotopic (exact) mass is 196 g/mol. The molecule has 3 nitrogen and oxygen atoms in total. The Bertz CT molecular complexity index is 259. The third kappa shape index (κ3) is 1.46. The van der Waals surface area contributed by atoms with E-state index in [1.807, 2.05) is 0 Å². The van der Waals surface area contributed by atoms with Crippen LogP contribution in [0.15, 0.2) is 12.2 Å². The summed E-state index contributed by atoms with van der Waals surface area (Å²) in [6, 6.07) is 0. The average molecular weight is 196 g/mol. The standard InChI is InChI=1S/C11H16O3/c12-5-1-2-9-7-3-4-8(6-7)10(9)11(13)14/h3-4,7-10,12H,1-2,5-6H2,(H,13,14). The van der Waals surface area contributed by atoms with Crippen LogP contribution in [0.25, 0.3) is 0 Å². The van der Waals surface area contributed by atoms with Gasteiger partial charge in [-0.1, -0.05) is 12.2 Å². The Morgan fingerprint density at radius 1 is 1.36 bits per heavy atom. The molecule has 2 rings (SSSR count). The zero-order chi connectivity index (χ0) is 10.1. The predicted octanol–water partition coefficient (Wildman–Crippen LogP) is 1.28. The van der Waals surface area contributed by atoms with Crippen LogP contribution >= 0.6 is 0 Å². The number of carbonyl (C=O) groups is 1. The van der Waals surface area contributed by atoms with Gasteiger partial charge in [-0.25, -0.2) is 0 Å². The fourth-order valence-corrected chi connectivity index (χ4v) is 3.01. The van der Waals surface area contributed by atoms with Gasteiger partial charge in [-0.15, -0.1) is 0 Å². The van der Waals surface area contributed by atoms with E-state index in [2.05, 4.69) is 12.2 Å². The second-order valence-corrected chi connectivity index (χ2v) is 4.34. The highest BCUT2D eigenvalue weighted by molar-refractivity contribution is 5.72. The molecule has 0 saturated heterocycles. The van der Waals surface area contributed by atoms with Crippen LogP contribution in [0.1, 0.15) is 19.3 Å². The van der Waals surface area contributed by atoms with Crippen LogP contribution in [0.3, 0.4) is 0 Å². The lowest BCUT2D eigenvalue weighted by molar-refractivity contribution is -0.144. The molecule has 0 amide bonds. The van der Waals surface area contributed by atoms with Gasteiger partial charge in [-0.2, -0.15) is 0 Å². The van der Waals surface area contributed by atoms with Gasteiger partial charge >= 0.3 is 5.97 Å². The average Bonchev–Trinajstić information content (AvgIpc) is 2.72. The SMILES string of the molecule is O=C(O)C1C2C=CC(C2)C1CCCO. The Balaban J connectivity index is 2.06. The molecule has 0 heterocycles. The number of hydrogen-bond acceptors (Lipinski definition) is 2. The van der Waals surface area contributed by atoms with Gasteiger partial charge in [0.25, 0.3) is 0 Å². The second-order valence-electron chi connectivity index (χ2n) is 4.34. The molecule has 2 aliphatic rings. The molecule has 0 aromatic carbocycles. The maximum absolute atomic E-state index is 11.1. The highest BCUT2D eigenvalue weighted by Crippen LogP contribution is 2.49. The first kappa shape index (κ1) is 9.71. The summed E-state index contributed by atoms with van der Waals surface area (Å²) in [5.41, 5.74) is 0. The molecule has 1 fully saturated rings. The predicted molar refractivity (Wildman–Crippen MR) is 51.7 cm³/mol. The van der Waals surface area contributed by atoms with Gasteiger partial charge in [0, 0.05) is 6.61 Å². The Hall–Kier alpha value is -0.830. The fourth-order valence-electron chi connectivity index (χ4n) is 3.01. The molecule has 0 aromatic heterocycles. The van der Waals surface area contributed by atoms with Crippen molar-refractivity contribution in [2.75, 3.05) is 6.61 Å². The van der Waals surface area contributed by atoms with E-state index in [0.717, 1.165) is 19.3 Å². The van der Waals surface area contributed by atoms with Crippen LogP contribution in [0, 0.1) is 23.7 Å². The van der Waals surface area contributed by atoms with E-state index < -0.39 is 5.97 Å². The summed E-state index contributed by atoms with van der Waals surface area (Å²) >= 11 is 0. The molecule has 0 spiro atoms. The number of carboxylic acid groups (broad SMARTS) is 1. The summed E-state index contributed by atoms with van der Waals surface area (Å²) < 4.78 is 0. The smallest absolute Gasteiger partial charge is 0.307 e. The Kier molecular flexibility index (Phi) is 2.59. The first-order valence-corrected chi connectivity index (χ1v) is 5.26. The number of aliphatic carboxylic acids is 1. The third-order valence-corrected chi connectivity index (χ3v) is 3.60. The first-order chi connectivity index (χ1) is 6.74. The normalized spacial score (nSPS) is 39.2. The fraction of sp³-hybridized carbons (Fsp3) is 0.727. The molecule has 2 bridgehead atoms. The number of hydrogen-bond donors (Lipinski definition) is 2. The highest BCUT2D eigenvalue weighted by atomic mass is 16.4. The number of fused-ring (bicyclic) bond motifs is 2. The van der Waals surface area contributed by atoms with Crippen molar-refractivity contribution in [2.24, 2.45) is 23.7 Å². The van der Waals surface area contributed by atoms with Crippen LogP contribution in [0.5, 0.6) is 0 Å². The zero-order valence-electron chi connectivity index (χ0n) is 8.10. The van der Waals surface area contributed by atoms with Crippen LogP contribution < -0.4 is 0 Å². The molecule has 1 saturated carbocycles. The van der Waals surface area contributed by atoms with E-state index in [1.54, 1.807) is 0 Å². The Morgan fingerprint density at radius 3 is 2.71 bits per heavy atom. The van der Waals surface area contributed by atoms with Crippen molar-refractivity contribution in [3.05, 3.63) is 12.2 Å². The van der Waals surface area contributed by atoms with Crippen molar-refractivity contribution >= 4 is 5.97 Å². The van der Waals surface area contributed by atoms with E-state index >= 15 is 0 Å².